The molecule has 0 aliphatic heterocycles. The van der Waals surface area contributed by atoms with Gasteiger partial charge in [-0.15, -0.1) is 0 Å². The largest absolute Gasteiger partial charge is 0.480 e. The molecule has 0 spiro atoms. The highest BCUT2D eigenvalue weighted by Crippen LogP contribution is 2.27. The minimum absolute atomic E-state index is 0.111. The van der Waals surface area contributed by atoms with E-state index in [0.717, 1.165) is 25.7 Å². The van der Waals surface area contributed by atoms with Gasteiger partial charge in [-0.3, -0.25) is 9.59 Å². The molecule has 1 aliphatic carbocycles. The molecule has 0 aromatic carbocycles. The lowest BCUT2D eigenvalue weighted by Gasteiger charge is -2.28. The highest BCUT2D eigenvalue weighted by atomic mass is 16.4. The van der Waals surface area contributed by atoms with Gasteiger partial charge in [-0.05, 0) is 25.0 Å². The fourth-order valence-corrected chi connectivity index (χ4v) is 2.49. The summed E-state index contributed by atoms with van der Waals surface area (Å²) in [5.41, 5.74) is 5.58. The second-order valence-electron chi connectivity index (χ2n) is 4.73. The highest BCUT2D eigenvalue weighted by molar-refractivity contribution is 5.93. The number of rotatable bonds is 5. The van der Waals surface area contributed by atoms with Gasteiger partial charge in [0.05, 0.1) is 0 Å². The number of primary amides is 1. The normalized spacial score (nSPS) is 15.4. The summed E-state index contributed by atoms with van der Waals surface area (Å²) in [6.45, 7) is -0.111. The number of amides is 1. The van der Waals surface area contributed by atoms with Gasteiger partial charge in [0.1, 0.15) is 12.4 Å². The average Bonchev–Trinajstić information content (AvgIpc) is 2.89. The number of aliphatic carboxylic acids is 1. The van der Waals surface area contributed by atoms with Crippen molar-refractivity contribution in [3.63, 3.8) is 0 Å². The quantitative estimate of drug-likeness (QED) is 0.826. The number of carboxylic acids is 1. The summed E-state index contributed by atoms with van der Waals surface area (Å²) in [4.78, 5) is 28.1. The van der Waals surface area contributed by atoms with E-state index in [-0.39, 0.29) is 12.6 Å². The van der Waals surface area contributed by atoms with Crippen molar-refractivity contribution in [2.24, 2.45) is 5.73 Å². The first-order chi connectivity index (χ1) is 9.08. The van der Waals surface area contributed by atoms with E-state index in [2.05, 4.69) is 4.98 Å². The summed E-state index contributed by atoms with van der Waals surface area (Å²) in [7, 11) is 0. The summed E-state index contributed by atoms with van der Waals surface area (Å²) < 4.78 is 0. The van der Waals surface area contributed by atoms with Gasteiger partial charge in [0.25, 0.3) is 0 Å². The van der Waals surface area contributed by atoms with Crippen LogP contribution in [0.4, 0.5) is 5.82 Å². The molecule has 1 aliphatic rings. The van der Waals surface area contributed by atoms with E-state index < -0.39 is 11.9 Å². The Bertz CT molecular complexity index is 484. The molecule has 3 N–H and O–H groups in total. The fourth-order valence-electron chi connectivity index (χ4n) is 2.49. The minimum Gasteiger partial charge on any atom is -0.480 e. The standard InChI is InChI=1S/C13H17N3O3/c14-13(19)9-5-6-15-11(7-9)16(8-12(17)18)10-3-1-2-4-10/h5-7,10H,1-4,8H2,(H2,14,19)(H,17,18). The molecular formula is C13H17N3O3. The number of pyridine rings is 1. The van der Waals surface area contributed by atoms with Crippen LogP contribution >= 0.6 is 0 Å². The van der Waals surface area contributed by atoms with E-state index in [9.17, 15) is 9.59 Å². The van der Waals surface area contributed by atoms with E-state index in [1.165, 1.54) is 12.3 Å². The van der Waals surface area contributed by atoms with Gasteiger partial charge in [0, 0.05) is 17.8 Å². The average molecular weight is 263 g/mol. The summed E-state index contributed by atoms with van der Waals surface area (Å²) in [6.07, 6.45) is 5.58. The van der Waals surface area contributed by atoms with Crippen molar-refractivity contribution < 1.29 is 14.7 Å². The van der Waals surface area contributed by atoms with Crippen LogP contribution in [0.15, 0.2) is 18.3 Å². The maximum Gasteiger partial charge on any atom is 0.323 e. The number of aromatic nitrogens is 1. The van der Waals surface area contributed by atoms with Crippen LogP contribution in [0.5, 0.6) is 0 Å². The van der Waals surface area contributed by atoms with E-state index in [0.29, 0.717) is 11.4 Å². The zero-order valence-electron chi connectivity index (χ0n) is 10.6. The Kier molecular flexibility index (Phi) is 3.99. The lowest BCUT2D eigenvalue weighted by atomic mass is 10.2. The lowest BCUT2D eigenvalue weighted by molar-refractivity contribution is -0.135. The third kappa shape index (κ3) is 3.21. The predicted molar refractivity (Wildman–Crippen MR) is 70.0 cm³/mol. The third-order valence-electron chi connectivity index (χ3n) is 3.40. The molecule has 0 unspecified atom stereocenters. The Morgan fingerprint density at radius 2 is 2.11 bits per heavy atom. The van der Waals surface area contributed by atoms with Crippen molar-refractivity contribution in [3.05, 3.63) is 23.9 Å². The van der Waals surface area contributed by atoms with Crippen molar-refractivity contribution in [1.29, 1.82) is 0 Å². The molecule has 1 saturated carbocycles. The number of anilines is 1. The first-order valence-electron chi connectivity index (χ1n) is 6.32. The van der Waals surface area contributed by atoms with E-state index in [1.54, 1.807) is 11.0 Å². The molecule has 1 fully saturated rings. The van der Waals surface area contributed by atoms with Crippen molar-refractivity contribution >= 4 is 17.7 Å². The van der Waals surface area contributed by atoms with Crippen LogP contribution in [0.25, 0.3) is 0 Å². The molecule has 6 nitrogen and oxygen atoms in total. The number of hydrogen-bond donors (Lipinski definition) is 2. The number of nitrogens with two attached hydrogens (primary N) is 1. The Morgan fingerprint density at radius 1 is 1.42 bits per heavy atom. The van der Waals surface area contributed by atoms with Crippen LogP contribution in [0.2, 0.25) is 0 Å². The molecule has 1 amide bonds. The summed E-state index contributed by atoms with van der Waals surface area (Å²) >= 11 is 0. The van der Waals surface area contributed by atoms with Crippen LogP contribution in [0, 0.1) is 0 Å². The second kappa shape index (κ2) is 5.69. The summed E-state index contributed by atoms with van der Waals surface area (Å²) in [5.74, 6) is -0.936. The number of nitrogens with zero attached hydrogens (tertiary/aromatic N) is 2. The van der Waals surface area contributed by atoms with Gasteiger partial charge >= 0.3 is 5.97 Å². The zero-order valence-corrected chi connectivity index (χ0v) is 10.6. The van der Waals surface area contributed by atoms with Gasteiger partial charge in [-0.1, -0.05) is 12.8 Å². The minimum atomic E-state index is -0.904. The molecule has 19 heavy (non-hydrogen) atoms. The molecule has 0 bridgehead atoms. The van der Waals surface area contributed by atoms with Gasteiger partial charge in [0.15, 0.2) is 0 Å². The van der Waals surface area contributed by atoms with Crippen molar-refractivity contribution in [2.75, 3.05) is 11.4 Å². The van der Waals surface area contributed by atoms with Crippen molar-refractivity contribution in [1.82, 2.24) is 4.98 Å². The molecule has 1 aromatic heterocycles. The summed E-state index contributed by atoms with van der Waals surface area (Å²) in [6, 6.07) is 3.26. The molecular weight excluding hydrogens is 246 g/mol. The molecule has 0 atom stereocenters. The van der Waals surface area contributed by atoms with Gasteiger partial charge < -0.3 is 15.7 Å². The predicted octanol–water partition coefficient (Wildman–Crippen LogP) is 1.01. The van der Waals surface area contributed by atoms with Gasteiger partial charge in [-0.25, -0.2) is 4.98 Å². The first kappa shape index (κ1) is 13.3. The van der Waals surface area contributed by atoms with Gasteiger partial charge in [0.2, 0.25) is 5.91 Å². The number of carbonyl (C=O) groups excluding carboxylic acids is 1. The van der Waals surface area contributed by atoms with Gasteiger partial charge in [-0.2, -0.15) is 0 Å². The molecule has 102 valence electrons. The van der Waals surface area contributed by atoms with E-state index in [4.69, 9.17) is 10.8 Å². The maximum absolute atomic E-state index is 11.2. The topological polar surface area (TPSA) is 96.5 Å². The summed E-state index contributed by atoms with van der Waals surface area (Å²) in [5, 5.41) is 9.02. The molecule has 1 heterocycles. The van der Waals surface area contributed by atoms with Crippen LogP contribution in [-0.2, 0) is 4.79 Å². The highest BCUT2D eigenvalue weighted by Gasteiger charge is 2.25. The SMILES string of the molecule is NC(=O)c1ccnc(N(CC(=O)O)C2CCCC2)c1. The van der Waals surface area contributed by atoms with Crippen LogP contribution in [0.1, 0.15) is 36.0 Å². The monoisotopic (exact) mass is 263 g/mol. The number of carbonyl (C=O) groups is 2. The lowest BCUT2D eigenvalue weighted by Crippen LogP contribution is -2.38. The van der Waals surface area contributed by atoms with E-state index in [1.807, 2.05) is 0 Å². The van der Waals surface area contributed by atoms with E-state index >= 15 is 0 Å². The fraction of sp³-hybridized carbons (Fsp3) is 0.462. The Balaban J connectivity index is 2.28. The van der Waals surface area contributed by atoms with Crippen LogP contribution in [-0.4, -0.2) is 34.6 Å². The molecule has 1 aromatic rings. The Labute approximate surface area is 111 Å². The molecule has 6 heteroatoms. The number of carboxylic acid groups (broad SMARTS) is 1. The number of hydrogen-bond acceptors (Lipinski definition) is 4. The second-order valence-corrected chi connectivity index (χ2v) is 4.73. The third-order valence-corrected chi connectivity index (χ3v) is 3.40. The first-order valence-corrected chi connectivity index (χ1v) is 6.32. The van der Waals surface area contributed by atoms with Crippen LogP contribution in [0.3, 0.4) is 0 Å². The zero-order chi connectivity index (χ0) is 13.8. The van der Waals surface area contributed by atoms with Crippen molar-refractivity contribution in [2.45, 2.75) is 31.7 Å². The molecule has 0 radical (unpaired) electrons. The Morgan fingerprint density at radius 3 is 2.68 bits per heavy atom. The van der Waals surface area contributed by atoms with Crippen molar-refractivity contribution in [3.8, 4) is 0 Å². The maximum atomic E-state index is 11.2. The smallest absolute Gasteiger partial charge is 0.323 e. The Hall–Kier alpha value is -2.11. The molecule has 2 rings (SSSR count). The van der Waals surface area contributed by atoms with Crippen LogP contribution < -0.4 is 10.6 Å². The molecule has 0 saturated heterocycles.